The fraction of sp³-hybridized carbons (Fsp3) is 0.429. The SMILES string of the molecule is CC1(C(=O)O)CCN(Cc2cn3ccccc3n2)C1. The number of hydrogen-bond donors (Lipinski definition) is 1. The smallest absolute Gasteiger partial charge is 0.310 e. The average molecular weight is 259 g/mol. The first-order valence-electron chi connectivity index (χ1n) is 6.45. The fourth-order valence-corrected chi connectivity index (χ4v) is 2.66. The molecule has 0 saturated carbocycles. The van der Waals surface area contributed by atoms with Crippen molar-refractivity contribution in [3.63, 3.8) is 0 Å². The highest BCUT2D eigenvalue weighted by molar-refractivity contribution is 5.74. The average Bonchev–Trinajstić information content (AvgIpc) is 2.93. The summed E-state index contributed by atoms with van der Waals surface area (Å²) >= 11 is 0. The summed E-state index contributed by atoms with van der Waals surface area (Å²) < 4.78 is 1.99. The van der Waals surface area contributed by atoms with Crippen LogP contribution >= 0.6 is 0 Å². The second-order valence-electron chi connectivity index (χ2n) is 5.52. The minimum absolute atomic E-state index is 0.593. The highest BCUT2D eigenvalue weighted by Crippen LogP contribution is 2.30. The van der Waals surface area contributed by atoms with Crippen LogP contribution < -0.4 is 0 Å². The lowest BCUT2D eigenvalue weighted by Crippen LogP contribution is -2.31. The molecular formula is C14H17N3O2. The number of nitrogens with zero attached hydrogens (tertiary/aromatic N) is 3. The maximum Gasteiger partial charge on any atom is 0.310 e. The van der Waals surface area contributed by atoms with E-state index in [0.29, 0.717) is 19.5 Å². The third-order valence-corrected chi connectivity index (χ3v) is 3.87. The molecule has 1 aliphatic rings. The van der Waals surface area contributed by atoms with Crippen molar-refractivity contribution in [1.82, 2.24) is 14.3 Å². The molecule has 1 aliphatic heterocycles. The summed E-state index contributed by atoms with van der Waals surface area (Å²) in [7, 11) is 0. The lowest BCUT2D eigenvalue weighted by Gasteiger charge is -2.19. The molecule has 1 unspecified atom stereocenters. The molecule has 1 saturated heterocycles. The van der Waals surface area contributed by atoms with Gasteiger partial charge in [-0.25, -0.2) is 4.98 Å². The van der Waals surface area contributed by atoms with Crippen molar-refractivity contribution < 1.29 is 9.90 Å². The maximum atomic E-state index is 11.2. The quantitative estimate of drug-likeness (QED) is 0.910. The third-order valence-electron chi connectivity index (χ3n) is 3.87. The minimum atomic E-state index is -0.704. The van der Waals surface area contributed by atoms with E-state index in [1.165, 1.54) is 0 Å². The van der Waals surface area contributed by atoms with Crippen LogP contribution in [0.4, 0.5) is 0 Å². The molecule has 0 amide bonds. The van der Waals surface area contributed by atoms with Crippen LogP contribution in [-0.4, -0.2) is 38.4 Å². The first-order valence-corrected chi connectivity index (χ1v) is 6.45. The molecule has 2 aromatic rings. The number of aliphatic carboxylic acids is 1. The van der Waals surface area contributed by atoms with Gasteiger partial charge in [0.25, 0.3) is 0 Å². The Morgan fingerprint density at radius 2 is 2.37 bits per heavy atom. The Morgan fingerprint density at radius 3 is 3.05 bits per heavy atom. The van der Waals surface area contributed by atoms with Gasteiger partial charge in [-0.1, -0.05) is 6.07 Å². The first-order chi connectivity index (χ1) is 9.07. The highest BCUT2D eigenvalue weighted by atomic mass is 16.4. The van der Waals surface area contributed by atoms with E-state index in [-0.39, 0.29) is 0 Å². The Bertz CT molecular complexity index is 589. The number of fused-ring (bicyclic) bond motifs is 1. The molecule has 3 rings (SSSR count). The predicted octanol–water partition coefficient (Wildman–Crippen LogP) is 1.63. The van der Waals surface area contributed by atoms with Crippen LogP contribution in [0.25, 0.3) is 5.65 Å². The van der Waals surface area contributed by atoms with Crippen LogP contribution in [0.3, 0.4) is 0 Å². The molecule has 0 radical (unpaired) electrons. The van der Waals surface area contributed by atoms with Crippen molar-refractivity contribution >= 4 is 11.6 Å². The van der Waals surface area contributed by atoms with Crippen molar-refractivity contribution in [3.05, 3.63) is 36.3 Å². The number of rotatable bonds is 3. The van der Waals surface area contributed by atoms with E-state index in [4.69, 9.17) is 0 Å². The standard InChI is InChI=1S/C14H17N3O2/c1-14(13(18)19)5-7-16(10-14)8-11-9-17-6-3-2-4-12(17)15-11/h2-4,6,9H,5,7-8,10H2,1H3,(H,18,19). The minimum Gasteiger partial charge on any atom is -0.481 e. The van der Waals surface area contributed by atoms with Gasteiger partial charge < -0.3 is 9.51 Å². The van der Waals surface area contributed by atoms with Gasteiger partial charge in [0.2, 0.25) is 0 Å². The summed E-state index contributed by atoms with van der Waals surface area (Å²) in [5.41, 5.74) is 1.30. The molecule has 0 spiro atoms. The van der Waals surface area contributed by atoms with E-state index in [0.717, 1.165) is 17.9 Å². The van der Waals surface area contributed by atoms with Gasteiger partial charge in [-0.05, 0) is 32.0 Å². The van der Waals surface area contributed by atoms with Crippen LogP contribution in [0, 0.1) is 5.41 Å². The lowest BCUT2D eigenvalue weighted by atomic mass is 9.90. The molecule has 3 heterocycles. The van der Waals surface area contributed by atoms with Crippen molar-refractivity contribution in [2.75, 3.05) is 13.1 Å². The summed E-state index contributed by atoms with van der Waals surface area (Å²) in [5.74, 6) is -0.704. The second kappa shape index (κ2) is 4.35. The molecule has 100 valence electrons. The van der Waals surface area contributed by atoms with Crippen LogP contribution in [0.5, 0.6) is 0 Å². The van der Waals surface area contributed by atoms with Crippen LogP contribution in [-0.2, 0) is 11.3 Å². The largest absolute Gasteiger partial charge is 0.481 e. The Balaban J connectivity index is 1.74. The zero-order chi connectivity index (χ0) is 13.5. The van der Waals surface area contributed by atoms with Gasteiger partial charge in [0.15, 0.2) is 0 Å². The molecule has 1 fully saturated rings. The topological polar surface area (TPSA) is 57.8 Å². The van der Waals surface area contributed by atoms with E-state index >= 15 is 0 Å². The molecule has 5 nitrogen and oxygen atoms in total. The number of aromatic nitrogens is 2. The highest BCUT2D eigenvalue weighted by Gasteiger charge is 2.40. The molecule has 0 bridgehead atoms. The van der Waals surface area contributed by atoms with Gasteiger partial charge >= 0.3 is 5.97 Å². The zero-order valence-corrected chi connectivity index (χ0v) is 10.9. The number of carbonyl (C=O) groups is 1. The number of hydrogen-bond acceptors (Lipinski definition) is 3. The van der Waals surface area contributed by atoms with Crippen LogP contribution in [0.15, 0.2) is 30.6 Å². The van der Waals surface area contributed by atoms with Crippen molar-refractivity contribution in [2.24, 2.45) is 5.41 Å². The maximum absolute atomic E-state index is 11.2. The van der Waals surface area contributed by atoms with E-state index in [1.54, 1.807) is 0 Å². The van der Waals surface area contributed by atoms with Gasteiger partial charge in [0, 0.05) is 25.5 Å². The molecule has 5 heteroatoms. The first kappa shape index (κ1) is 12.2. The van der Waals surface area contributed by atoms with Gasteiger partial charge in [0.05, 0.1) is 11.1 Å². The molecule has 0 aliphatic carbocycles. The monoisotopic (exact) mass is 259 g/mol. The Kier molecular flexibility index (Phi) is 2.78. The van der Waals surface area contributed by atoms with E-state index in [1.807, 2.05) is 41.9 Å². The summed E-state index contributed by atoms with van der Waals surface area (Å²) in [6.07, 6.45) is 4.68. The number of pyridine rings is 1. The number of carboxylic acid groups (broad SMARTS) is 1. The van der Waals surface area contributed by atoms with Crippen LogP contribution in [0.2, 0.25) is 0 Å². The van der Waals surface area contributed by atoms with Crippen molar-refractivity contribution in [1.29, 1.82) is 0 Å². The normalized spacial score (nSPS) is 24.1. The van der Waals surface area contributed by atoms with Gasteiger partial charge in [-0.2, -0.15) is 0 Å². The number of likely N-dealkylation sites (tertiary alicyclic amines) is 1. The van der Waals surface area contributed by atoms with Gasteiger partial charge in [0.1, 0.15) is 5.65 Å². The van der Waals surface area contributed by atoms with Crippen LogP contribution in [0.1, 0.15) is 19.0 Å². The third kappa shape index (κ3) is 2.21. The van der Waals surface area contributed by atoms with E-state index < -0.39 is 11.4 Å². The Labute approximate surface area is 111 Å². The molecule has 0 aromatic carbocycles. The number of carboxylic acids is 1. The summed E-state index contributed by atoms with van der Waals surface area (Å²) in [6.45, 7) is 3.94. The summed E-state index contributed by atoms with van der Waals surface area (Å²) in [5, 5.41) is 9.22. The second-order valence-corrected chi connectivity index (χ2v) is 5.52. The molecule has 19 heavy (non-hydrogen) atoms. The lowest BCUT2D eigenvalue weighted by molar-refractivity contribution is -0.147. The predicted molar refractivity (Wildman–Crippen MR) is 70.8 cm³/mol. The molecular weight excluding hydrogens is 242 g/mol. The van der Waals surface area contributed by atoms with Crippen molar-refractivity contribution in [3.8, 4) is 0 Å². The zero-order valence-electron chi connectivity index (χ0n) is 10.9. The van der Waals surface area contributed by atoms with Gasteiger partial charge in [-0.3, -0.25) is 9.69 Å². The Morgan fingerprint density at radius 1 is 1.53 bits per heavy atom. The molecule has 2 aromatic heterocycles. The van der Waals surface area contributed by atoms with E-state index in [2.05, 4.69) is 9.88 Å². The summed E-state index contributed by atoms with van der Waals surface area (Å²) in [6, 6.07) is 5.90. The Hall–Kier alpha value is -1.88. The fourth-order valence-electron chi connectivity index (χ4n) is 2.66. The molecule has 1 atom stereocenters. The summed E-state index contributed by atoms with van der Waals surface area (Å²) in [4.78, 5) is 17.9. The van der Waals surface area contributed by atoms with E-state index in [9.17, 15) is 9.90 Å². The van der Waals surface area contributed by atoms with Gasteiger partial charge in [-0.15, -0.1) is 0 Å². The molecule has 1 N–H and O–H groups in total. The van der Waals surface area contributed by atoms with Crippen molar-refractivity contribution in [2.45, 2.75) is 19.9 Å². The number of imidazole rings is 1.